The Morgan fingerprint density at radius 1 is 1.25 bits per heavy atom. The van der Waals surface area contributed by atoms with E-state index in [0.29, 0.717) is 13.0 Å². The van der Waals surface area contributed by atoms with Gasteiger partial charge in [-0.05, 0) is 46.2 Å². The lowest BCUT2D eigenvalue weighted by molar-refractivity contribution is -0.121. The Hall–Kier alpha value is -1.55. The quantitative estimate of drug-likeness (QED) is 0.719. The van der Waals surface area contributed by atoms with Gasteiger partial charge >= 0.3 is 0 Å². The van der Waals surface area contributed by atoms with Crippen molar-refractivity contribution >= 4 is 5.91 Å². The van der Waals surface area contributed by atoms with E-state index in [1.54, 1.807) is 0 Å². The maximum absolute atomic E-state index is 11.8. The molecule has 0 saturated carbocycles. The van der Waals surface area contributed by atoms with Crippen LogP contribution in [0.2, 0.25) is 0 Å². The topological polar surface area (TPSA) is 64.3 Å². The van der Waals surface area contributed by atoms with E-state index < -0.39 is 0 Å². The Morgan fingerprint density at radius 2 is 1.95 bits per heavy atom. The van der Waals surface area contributed by atoms with Crippen LogP contribution in [0.4, 0.5) is 0 Å². The molecule has 1 amide bonds. The maximum atomic E-state index is 11.8. The fourth-order valence-electron chi connectivity index (χ4n) is 2.02. The summed E-state index contributed by atoms with van der Waals surface area (Å²) in [6, 6.07) is 7.77. The number of unbranched alkanes of at least 4 members (excludes halogenated alkanes) is 1. The van der Waals surface area contributed by atoms with Crippen molar-refractivity contribution in [3.63, 3.8) is 0 Å². The molecule has 4 nitrogen and oxygen atoms in total. The smallest absolute Gasteiger partial charge is 0.220 e. The molecule has 0 aromatic heterocycles. The van der Waals surface area contributed by atoms with Crippen molar-refractivity contribution < 1.29 is 9.53 Å². The lowest BCUT2D eigenvalue weighted by atomic mass is 10.1. The number of rotatable bonds is 8. The zero-order valence-corrected chi connectivity index (χ0v) is 12.7. The van der Waals surface area contributed by atoms with Gasteiger partial charge in [0.15, 0.2) is 0 Å². The van der Waals surface area contributed by atoms with E-state index >= 15 is 0 Å². The molecule has 1 aromatic rings. The molecule has 0 spiro atoms. The summed E-state index contributed by atoms with van der Waals surface area (Å²) >= 11 is 0. The highest BCUT2D eigenvalue weighted by molar-refractivity contribution is 5.76. The number of nitrogens with two attached hydrogens (primary N) is 1. The van der Waals surface area contributed by atoms with E-state index in [9.17, 15) is 4.79 Å². The van der Waals surface area contributed by atoms with Crippen molar-refractivity contribution in [2.24, 2.45) is 5.73 Å². The highest BCUT2D eigenvalue weighted by atomic mass is 16.5. The minimum absolute atomic E-state index is 0.0599. The van der Waals surface area contributed by atoms with E-state index in [0.717, 1.165) is 24.2 Å². The van der Waals surface area contributed by atoms with Gasteiger partial charge in [-0.15, -0.1) is 0 Å². The Kier molecular flexibility index (Phi) is 7.09. The second kappa shape index (κ2) is 8.59. The summed E-state index contributed by atoms with van der Waals surface area (Å²) in [4.78, 5) is 11.8. The second-order valence-corrected chi connectivity index (χ2v) is 5.24. The van der Waals surface area contributed by atoms with Gasteiger partial charge in [0.1, 0.15) is 5.75 Å². The van der Waals surface area contributed by atoms with Crippen LogP contribution in [0.15, 0.2) is 24.3 Å². The number of carbonyl (C=O) groups is 1. The van der Waals surface area contributed by atoms with E-state index in [4.69, 9.17) is 10.5 Å². The Labute approximate surface area is 121 Å². The van der Waals surface area contributed by atoms with Crippen molar-refractivity contribution in [3.8, 4) is 5.75 Å². The van der Waals surface area contributed by atoms with Crippen LogP contribution in [0, 0.1) is 0 Å². The summed E-state index contributed by atoms with van der Waals surface area (Å²) in [6.45, 7) is 6.59. The molecular weight excluding hydrogens is 252 g/mol. The summed E-state index contributed by atoms with van der Waals surface area (Å²) in [5, 5.41) is 3.01. The van der Waals surface area contributed by atoms with Gasteiger partial charge in [-0.3, -0.25) is 4.79 Å². The van der Waals surface area contributed by atoms with Gasteiger partial charge in [0, 0.05) is 12.0 Å². The normalized spacial score (nSPS) is 12.2. The lowest BCUT2D eigenvalue weighted by Gasteiger charge is -2.19. The minimum Gasteiger partial charge on any atom is -0.491 e. The largest absolute Gasteiger partial charge is 0.491 e. The zero-order valence-electron chi connectivity index (χ0n) is 12.7. The first-order chi connectivity index (χ1) is 9.54. The highest BCUT2D eigenvalue weighted by Crippen LogP contribution is 2.25. The van der Waals surface area contributed by atoms with Crippen LogP contribution in [-0.2, 0) is 4.79 Å². The molecule has 0 bridgehead atoms. The predicted octanol–water partition coefficient (Wildman–Crippen LogP) is 2.78. The van der Waals surface area contributed by atoms with Crippen LogP contribution in [-0.4, -0.2) is 18.6 Å². The van der Waals surface area contributed by atoms with E-state index in [1.807, 2.05) is 45.0 Å². The summed E-state index contributed by atoms with van der Waals surface area (Å²) in [5.41, 5.74) is 6.43. The average molecular weight is 278 g/mol. The predicted molar refractivity (Wildman–Crippen MR) is 81.7 cm³/mol. The summed E-state index contributed by atoms with van der Waals surface area (Å²) in [6.07, 6.45) is 2.35. The van der Waals surface area contributed by atoms with E-state index in [1.165, 1.54) is 0 Å². The third-order valence-electron chi connectivity index (χ3n) is 2.98. The molecule has 112 valence electrons. The third kappa shape index (κ3) is 5.61. The van der Waals surface area contributed by atoms with Crippen LogP contribution in [0.5, 0.6) is 5.75 Å². The number of para-hydroxylation sites is 1. The van der Waals surface area contributed by atoms with Gasteiger partial charge in [-0.25, -0.2) is 0 Å². The van der Waals surface area contributed by atoms with Crippen molar-refractivity contribution in [2.45, 2.75) is 52.2 Å². The molecule has 4 heteroatoms. The monoisotopic (exact) mass is 278 g/mol. The molecule has 1 rings (SSSR count). The molecule has 1 aromatic carbocycles. The fraction of sp³-hybridized carbons (Fsp3) is 0.562. The molecule has 0 radical (unpaired) electrons. The van der Waals surface area contributed by atoms with Crippen molar-refractivity contribution in [1.29, 1.82) is 0 Å². The zero-order chi connectivity index (χ0) is 15.0. The molecule has 3 N–H and O–H groups in total. The van der Waals surface area contributed by atoms with Crippen molar-refractivity contribution in [1.82, 2.24) is 5.32 Å². The summed E-state index contributed by atoms with van der Waals surface area (Å²) in [5.74, 6) is 0.891. The molecule has 0 heterocycles. The number of nitrogens with one attached hydrogen (secondary N) is 1. The first-order valence-corrected chi connectivity index (χ1v) is 7.29. The Balaban J connectivity index is 2.62. The maximum Gasteiger partial charge on any atom is 0.220 e. The fourth-order valence-corrected chi connectivity index (χ4v) is 2.02. The van der Waals surface area contributed by atoms with Crippen LogP contribution in [0.3, 0.4) is 0 Å². The van der Waals surface area contributed by atoms with Crippen LogP contribution in [0.25, 0.3) is 0 Å². The van der Waals surface area contributed by atoms with E-state index in [2.05, 4.69) is 5.32 Å². The van der Waals surface area contributed by atoms with Gasteiger partial charge in [0.2, 0.25) is 5.91 Å². The molecule has 20 heavy (non-hydrogen) atoms. The molecule has 0 aliphatic rings. The Bertz CT molecular complexity index is 419. The second-order valence-electron chi connectivity index (χ2n) is 5.24. The standard InChI is InChI=1S/C16H26N2O2/c1-12(2)20-15-9-5-4-8-14(15)13(3)18-16(19)10-6-7-11-17/h4-5,8-9,12-13H,6-7,10-11,17H2,1-3H3,(H,18,19). The molecular formula is C16H26N2O2. The van der Waals surface area contributed by atoms with Crippen molar-refractivity contribution in [3.05, 3.63) is 29.8 Å². The van der Waals surface area contributed by atoms with Gasteiger partial charge in [0.05, 0.1) is 12.1 Å². The molecule has 0 fully saturated rings. The number of hydrogen-bond donors (Lipinski definition) is 2. The van der Waals surface area contributed by atoms with Gasteiger partial charge in [-0.2, -0.15) is 0 Å². The number of amides is 1. The number of hydrogen-bond acceptors (Lipinski definition) is 3. The SMILES string of the molecule is CC(C)Oc1ccccc1C(C)NC(=O)CCCCN. The Morgan fingerprint density at radius 3 is 2.60 bits per heavy atom. The van der Waals surface area contributed by atoms with Gasteiger partial charge in [0.25, 0.3) is 0 Å². The lowest BCUT2D eigenvalue weighted by Crippen LogP contribution is -2.27. The summed E-state index contributed by atoms with van der Waals surface area (Å²) in [7, 11) is 0. The first kappa shape index (κ1) is 16.5. The molecule has 0 aliphatic heterocycles. The molecule has 1 unspecified atom stereocenters. The van der Waals surface area contributed by atoms with Crippen LogP contribution < -0.4 is 15.8 Å². The number of benzene rings is 1. The molecule has 1 atom stereocenters. The van der Waals surface area contributed by atoms with Gasteiger partial charge < -0.3 is 15.8 Å². The van der Waals surface area contributed by atoms with Gasteiger partial charge in [-0.1, -0.05) is 18.2 Å². The van der Waals surface area contributed by atoms with E-state index in [-0.39, 0.29) is 18.1 Å². The number of ether oxygens (including phenoxy) is 1. The van der Waals surface area contributed by atoms with Crippen LogP contribution in [0.1, 0.15) is 51.6 Å². The first-order valence-electron chi connectivity index (χ1n) is 7.29. The highest BCUT2D eigenvalue weighted by Gasteiger charge is 2.14. The average Bonchev–Trinajstić information content (AvgIpc) is 2.38. The summed E-state index contributed by atoms with van der Waals surface area (Å²) < 4.78 is 5.78. The number of carbonyl (C=O) groups excluding carboxylic acids is 1. The third-order valence-corrected chi connectivity index (χ3v) is 2.98. The molecule has 0 saturated heterocycles. The minimum atomic E-state index is -0.0599. The van der Waals surface area contributed by atoms with Crippen molar-refractivity contribution in [2.75, 3.05) is 6.54 Å². The molecule has 0 aliphatic carbocycles. The van der Waals surface area contributed by atoms with Crippen LogP contribution >= 0.6 is 0 Å².